The van der Waals surface area contributed by atoms with Crippen molar-refractivity contribution in [3.63, 3.8) is 0 Å². The van der Waals surface area contributed by atoms with Crippen molar-refractivity contribution in [2.75, 3.05) is 7.05 Å². The molecule has 0 spiro atoms. The number of unbranched alkanes of at least 4 members (excludes halogenated alkanes) is 3. The van der Waals surface area contributed by atoms with E-state index in [0.717, 1.165) is 0 Å². The standard InChI is InChI=1S/C9H21N.ClH/c1-4-5-6-7-8-9(2)10-3;/h9-10H,4-8H2,1-3H3;1H. The van der Waals surface area contributed by atoms with Crippen LogP contribution in [0.4, 0.5) is 0 Å². The number of hydrogen-bond acceptors (Lipinski definition) is 1. The van der Waals surface area contributed by atoms with Gasteiger partial charge in [0, 0.05) is 6.04 Å². The van der Waals surface area contributed by atoms with Crippen molar-refractivity contribution in [2.45, 2.75) is 52.0 Å². The Labute approximate surface area is 77.4 Å². The number of hydrogen-bond donors (Lipinski definition) is 1. The van der Waals surface area contributed by atoms with Gasteiger partial charge >= 0.3 is 0 Å². The van der Waals surface area contributed by atoms with Gasteiger partial charge in [-0.15, -0.1) is 12.4 Å². The van der Waals surface area contributed by atoms with Crippen LogP contribution < -0.4 is 5.32 Å². The van der Waals surface area contributed by atoms with Crippen molar-refractivity contribution in [1.29, 1.82) is 0 Å². The first-order valence-electron chi connectivity index (χ1n) is 4.48. The fourth-order valence-electron chi connectivity index (χ4n) is 1.02. The van der Waals surface area contributed by atoms with E-state index in [-0.39, 0.29) is 12.4 Å². The van der Waals surface area contributed by atoms with Gasteiger partial charge in [0.25, 0.3) is 0 Å². The molecule has 0 aromatic heterocycles. The first-order chi connectivity index (χ1) is 4.81. The van der Waals surface area contributed by atoms with Crippen molar-refractivity contribution in [2.24, 2.45) is 0 Å². The molecule has 0 rings (SSSR count). The maximum Gasteiger partial charge on any atom is 0.00357 e. The molecule has 0 aliphatic heterocycles. The summed E-state index contributed by atoms with van der Waals surface area (Å²) in [4.78, 5) is 0. The Kier molecular flexibility index (Phi) is 12.9. The van der Waals surface area contributed by atoms with E-state index in [1.807, 2.05) is 7.05 Å². The highest BCUT2D eigenvalue weighted by Crippen LogP contribution is 2.04. The maximum absolute atomic E-state index is 3.24. The van der Waals surface area contributed by atoms with Crippen molar-refractivity contribution >= 4 is 12.4 Å². The molecule has 1 atom stereocenters. The molecule has 0 aromatic rings. The molecule has 1 N–H and O–H groups in total. The van der Waals surface area contributed by atoms with Crippen LogP contribution in [0.1, 0.15) is 46.0 Å². The van der Waals surface area contributed by atoms with Crippen LogP contribution in [0, 0.1) is 0 Å². The quantitative estimate of drug-likeness (QED) is 0.619. The van der Waals surface area contributed by atoms with Gasteiger partial charge in [0.05, 0.1) is 0 Å². The minimum Gasteiger partial charge on any atom is -0.317 e. The third kappa shape index (κ3) is 10.2. The Morgan fingerprint density at radius 3 is 2.27 bits per heavy atom. The Bertz CT molecular complexity index is 66.6. The topological polar surface area (TPSA) is 12.0 Å². The van der Waals surface area contributed by atoms with Gasteiger partial charge in [-0.2, -0.15) is 0 Å². The van der Waals surface area contributed by atoms with Gasteiger partial charge in [0.1, 0.15) is 0 Å². The highest BCUT2D eigenvalue weighted by atomic mass is 35.5. The van der Waals surface area contributed by atoms with E-state index in [4.69, 9.17) is 0 Å². The van der Waals surface area contributed by atoms with Crippen molar-refractivity contribution in [3.05, 3.63) is 0 Å². The van der Waals surface area contributed by atoms with Gasteiger partial charge in [0.2, 0.25) is 0 Å². The summed E-state index contributed by atoms with van der Waals surface area (Å²) >= 11 is 0. The summed E-state index contributed by atoms with van der Waals surface area (Å²) in [5.74, 6) is 0. The molecule has 11 heavy (non-hydrogen) atoms. The van der Waals surface area contributed by atoms with Crippen LogP contribution in [0.2, 0.25) is 0 Å². The van der Waals surface area contributed by atoms with Crippen LogP contribution in [0.25, 0.3) is 0 Å². The summed E-state index contributed by atoms with van der Waals surface area (Å²) in [6.45, 7) is 4.49. The van der Waals surface area contributed by atoms with Gasteiger partial charge in [-0.25, -0.2) is 0 Å². The van der Waals surface area contributed by atoms with Crippen LogP contribution in [-0.4, -0.2) is 13.1 Å². The zero-order valence-electron chi connectivity index (χ0n) is 8.02. The predicted molar refractivity (Wildman–Crippen MR) is 54.5 cm³/mol. The van der Waals surface area contributed by atoms with Gasteiger partial charge in [-0.1, -0.05) is 32.6 Å². The number of rotatable bonds is 6. The minimum atomic E-state index is 0. The summed E-state index contributed by atoms with van der Waals surface area (Å²) < 4.78 is 0. The van der Waals surface area contributed by atoms with Crippen LogP contribution in [0.5, 0.6) is 0 Å². The predicted octanol–water partition coefficient (Wildman–Crippen LogP) is 2.99. The summed E-state index contributed by atoms with van der Waals surface area (Å²) in [5, 5.41) is 3.24. The molecule has 1 unspecified atom stereocenters. The molecular formula is C9H22ClN. The molecule has 0 saturated heterocycles. The van der Waals surface area contributed by atoms with Crippen LogP contribution in [0.15, 0.2) is 0 Å². The van der Waals surface area contributed by atoms with E-state index in [9.17, 15) is 0 Å². The second kappa shape index (κ2) is 10.2. The van der Waals surface area contributed by atoms with Crippen LogP contribution in [-0.2, 0) is 0 Å². The zero-order chi connectivity index (χ0) is 7.82. The zero-order valence-corrected chi connectivity index (χ0v) is 8.84. The second-order valence-electron chi connectivity index (χ2n) is 3.04. The van der Waals surface area contributed by atoms with Gasteiger partial charge < -0.3 is 5.32 Å². The van der Waals surface area contributed by atoms with Crippen molar-refractivity contribution < 1.29 is 0 Å². The van der Waals surface area contributed by atoms with E-state index in [1.165, 1.54) is 32.1 Å². The molecule has 0 heterocycles. The average Bonchev–Trinajstić information content (AvgIpc) is 1.98. The van der Waals surface area contributed by atoms with Crippen LogP contribution in [0.3, 0.4) is 0 Å². The number of nitrogens with one attached hydrogen (secondary N) is 1. The lowest BCUT2D eigenvalue weighted by atomic mass is 10.1. The third-order valence-corrected chi connectivity index (χ3v) is 1.98. The Morgan fingerprint density at radius 1 is 1.18 bits per heavy atom. The molecule has 0 bridgehead atoms. The Hall–Kier alpha value is 0.250. The minimum absolute atomic E-state index is 0. The van der Waals surface area contributed by atoms with E-state index >= 15 is 0 Å². The molecule has 0 radical (unpaired) electrons. The smallest absolute Gasteiger partial charge is 0.00357 e. The normalized spacial score (nSPS) is 12.3. The lowest BCUT2D eigenvalue weighted by Crippen LogP contribution is -2.20. The van der Waals surface area contributed by atoms with Gasteiger partial charge in [-0.05, 0) is 20.4 Å². The first-order valence-corrected chi connectivity index (χ1v) is 4.48. The van der Waals surface area contributed by atoms with Crippen molar-refractivity contribution in [1.82, 2.24) is 5.32 Å². The monoisotopic (exact) mass is 179 g/mol. The molecular weight excluding hydrogens is 158 g/mol. The van der Waals surface area contributed by atoms with E-state index < -0.39 is 0 Å². The molecule has 0 aromatic carbocycles. The summed E-state index contributed by atoms with van der Waals surface area (Å²) in [6, 6.07) is 0.705. The highest BCUT2D eigenvalue weighted by molar-refractivity contribution is 5.85. The average molecular weight is 180 g/mol. The molecule has 0 amide bonds. The van der Waals surface area contributed by atoms with E-state index in [1.54, 1.807) is 0 Å². The van der Waals surface area contributed by atoms with Crippen molar-refractivity contribution in [3.8, 4) is 0 Å². The first kappa shape index (κ1) is 13.8. The Morgan fingerprint density at radius 2 is 1.82 bits per heavy atom. The lowest BCUT2D eigenvalue weighted by Gasteiger charge is -2.08. The SMILES string of the molecule is CCCCCCC(C)NC.Cl. The number of halogens is 1. The molecule has 2 heteroatoms. The third-order valence-electron chi connectivity index (χ3n) is 1.98. The molecule has 1 nitrogen and oxygen atoms in total. The van der Waals surface area contributed by atoms with E-state index in [2.05, 4.69) is 19.2 Å². The Balaban J connectivity index is 0. The molecule has 70 valence electrons. The fraction of sp³-hybridized carbons (Fsp3) is 1.00. The highest BCUT2D eigenvalue weighted by Gasteiger charge is 1.95. The maximum atomic E-state index is 3.24. The molecule has 0 saturated carbocycles. The lowest BCUT2D eigenvalue weighted by molar-refractivity contribution is 0.518. The summed E-state index contributed by atoms with van der Waals surface area (Å²) in [5.41, 5.74) is 0. The molecule has 0 fully saturated rings. The second-order valence-corrected chi connectivity index (χ2v) is 3.04. The van der Waals surface area contributed by atoms with E-state index in [0.29, 0.717) is 6.04 Å². The largest absolute Gasteiger partial charge is 0.317 e. The molecule has 0 aliphatic carbocycles. The summed E-state index contributed by atoms with van der Waals surface area (Å²) in [6.07, 6.45) is 6.86. The van der Waals surface area contributed by atoms with Gasteiger partial charge in [0.15, 0.2) is 0 Å². The fourth-order valence-corrected chi connectivity index (χ4v) is 1.02. The van der Waals surface area contributed by atoms with Gasteiger partial charge in [-0.3, -0.25) is 0 Å². The molecule has 0 aliphatic rings. The van der Waals surface area contributed by atoms with Crippen LogP contribution >= 0.6 is 12.4 Å². The summed E-state index contributed by atoms with van der Waals surface area (Å²) in [7, 11) is 2.03.